The van der Waals surface area contributed by atoms with E-state index < -0.39 is 5.60 Å². The van der Waals surface area contributed by atoms with Gasteiger partial charge in [0.1, 0.15) is 11.6 Å². The Morgan fingerprint density at radius 2 is 1.73 bits per heavy atom. The second kappa shape index (κ2) is 10.5. The number of anilines is 1. The average molecular weight is 507 g/mol. The standard InChI is InChI=1S/C26H32N6O2.CH2O2/c1-34-21-16-28-15-20-22(21)24(30-23(29-20)19-3-10-27-11-4-19)32-13-8-25(9-14-32)7-12-31(17-25)18-26(33)5-2-6-26;2-1-3/h3-4,10-11,15-16,33H,2,5-9,12-14,17-18H2,1H3;1H,(H,2,3). The topological polar surface area (TPSA) is 125 Å². The van der Waals surface area contributed by atoms with Gasteiger partial charge in [0.05, 0.1) is 36.0 Å². The predicted molar refractivity (Wildman–Crippen MR) is 140 cm³/mol. The van der Waals surface area contributed by atoms with Gasteiger partial charge in [-0.15, -0.1) is 0 Å². The summed E-state index contributed by atoms with van der Waals surface area (Å²) in [5, 5.41) is 18.4. The molecule has 2 saturated heterocycles. The van der Waals surface area contributed by atoms with Crippen LogP contribution in [0.25, 0.3) is 22.3 Å². The molecule has 10 nitrogen and oxygen atoms in total. The summed E-state index contributed by atoms with van der Waals surface area (Å²) in [6, 6.07) is 3.87. The average Bonchev–Trinajstić information content (AvgIpc) is 3.29. The van der Waals surface area contributed by atoms with Gasteiger partial charge < -0.3 is 19.8 Å². The number of aliphatic hydroxyl groups is 1. The lowest BCUT2D eigenvalue weighted by molar-refractivity contribution is -0.122. The summed E-state index contributed by atoms with van der Waals surface area (Å²) in [5.74, 6) is 2.31. The number of hydrogen-bond acceptors (Lipinski definition) is 9. The van der Waals surface area contributed by atoms with Crippen molar-refractivity contribution in [1.82, 2.24) is 24.8 Å². The third-order valence-corrected chi connectivity index (χ3v) is 8.15. The summed E-state index contributed by atoms with van der Waals surface area (Å²) in [6.45, 7) is 4.69. The van der Waals surface area contributed by atoms with Crippen molar-refractivity contribution >= 4 is 23.2 Å². The van der Waals surface area contributed by atoms with Gasteiger partial charge in [0.2, 0.25) is 0 Å². The number of carbonyl (C=O) groups is 1. The number of β-amino-alcohol motifs (C(OH)–C–C–N with tert-alkyl or cyclic N) is 1. The molecule has 37 heavy (non-hydrogen) atoms. The summed E-state index contributed by atoms with van der Waals surface area (Å²) in [6.07, 6.45) is 13.6. The molecule has 6 rings (SSSR count). The van der Waals surface area contributed by atoms with E-state index >= 15 is 0 Å². The van der Waals surface area contributed by atoms with Crippen LogP contribution < -0.4 is 9.64 Å². The quantitative estimate of drug-likeness (QED) is 0.499. The Balaban J connectivity index is 0.000000892. The van der Waals surface area contributed by atoms with E-state index in [9.17, 15) is 5.11 Å². The molecule has 196 valence electrons. The molecule has 0 bridgehead atoms. The molecule has 3 aromatic heterocycles. The van der Waals surface area contributed by atoms with Gasteiger partial charge in [0.25, 0.3) is 6.47 Å². The van der Waals surface area contributed by atoms with Crippen LogP contribution in [0, 0.1) is 5.41 Å². The molecule has 0 radical (unpaired) electrons. The zero-order valence-electron chi connectivity index (χ0n) is 21.2. The van der Waals surface area contributed by atoms with Gasteiger partial charge >= 0.3 is 0 Å². The van der Waals surface area contributed by atoms with Crippen LogP contribution in [0.15, 0.2) is 36.9 Å². The number of piperidine rings is 1. The first-order valence-electron chi connectivity index (χ1n) is 12.9. The lowest BCUT2D eigenvalue weighted by Crippen LogP contribution is -2.48. The molecule has 3 aliphatic rings. The number of aromatic nitrogens is 4. The molecule has 0 unspecified atom stereocenters. The number of likely N-dealkylation sites (tertiary alicyclic amines) is 1. The highest BCUT2D eigenvalue weighted by Gasteiger charge is 2.44. The molecule has 1 aliphatic carbocycles. The third kappa shape index (κ3) is 5.21. The SMILES string of the molecule is COc1cncc2nc(-c3ccncc3)nc(N3CCC4(CCN(CC5(O)CCC5)C4)CC3)c12.O=CO. The molecule has 2 N–H and O–H groups in total. The van der Waals surface area contributed by atoms with Crippen molar-refractivity contribution < 1.29 is 19.7 Å². The van der Waals surface area contributed by atoms with Gasteiger partial charge in [-0.25, -0.2) is 9.97 Å². The van der Waals surface area contributed by atoms with Gasteiger partial charge in [-0.2, -0.15) is 0 Å². The Hall–Kier alpha value is -3.37. The maximum atomic E-state index is 10.6. The maximum absolute atomic E-state index is 10.6. The number of carboxylic acid groups (broad SMARTS) is 1. The summed E-state index contributed by atoms with van der Waals surface area (Å²) in [5.41, 5.74) is 1.64. The van der Waals surface area contributed by atoms with E-state index in [2.05, 4.69) is 19.8 Å². The molecule has 3 fully saturated rings. The summed E-state index contributed by atoms with van der Waals surface area (Å²) >= 11 is 0. The second-order valence-electron chi connectivity index (χ2n) is 10.5. The molecule has 1 saturated carbocycles. The van der Waals surface area contributed by atoms with Crippen LogP contribution in [-0.2, 0) is 4.79 Å². The van der Waals surface area contributed by atoms with E-state index in [0.717, 1.165) is 87.1 Å². The van der Waals surface area contributed by atoms with Crippen molar-refractivity contribution in [3.05, 3.63) is 36.9 Å². The number of fused-ring (bicyclic) bond motifs is 1. The minimum Gasteiger partial charge on any atom is -0.494 e. The molecule has 10 heteroatoms. The van der Waals surface area contributed by atoms with Crippen molar-refractivity contribution in [3.63, 3.8) is 0 Å². The first-order chi connectivity index (χ1) is 18.0. The van der Waals surface area contributed by atoms with Crippen LogP contribution in [0.3, 0.4) is 0 Å². The highest BCUT2D eigenvalue weighted by Crippen LogP contribution is 2.44. The van der Waals surface area contributed by atoms with Crippen LogP contribution in [0.5, 0.6) is 5.75 Å². The van der Waals surface area contributed by atoms with Crippen molar-refractivity contribution in [3.8, 4) is 17.1 Å². The number of pyridine rings is 2. The van der Waals surface area contributed by atoms with E-state index in [1.54, 1.807) is 31.9 Å². The number of ether oxygens (including phenoxy) is 1. The highest BCUT2D eigenvalue weighted by atomic mass is 16.5. The van der Waals surface area contributed by atoms with Gasteiger partial charge in [-0.3, -0.25) is 19.7 Å². The largest absolute Gasteiger partial charge is 0.494 e. The van der Waals surface area contributed by atoms with Crippen LogP contribution in [0.2, 0.25) is 0 Å². The van der Waals surface area contributed by atoms with Crippen LogP contribution >= 0.6 is 0 Å². The second-order valence-corrected chi connectivity index (χ2v) is 10.5. The zero-order chi connectivity index (χ0) is 25.9. The third-order valence-electron chi connectivity index (χ3n) is 8.15. The van der Waals surface area contributed by atoms with Crippen molar-refractivity contribution in [2.45, 2.75) is 44.1 Å². The van der Waals surface area contributed by atoms with Gasteiger partial charge in [-0.05, 0) is 62.6 Å². The molecule has 5 heterocycles. The van der Waals surface area contributed by atoms with Gasteiger partial charge in [0.15, 0.2) is 5.82 Å². The smallest absolute Gasteiger partial charge is 0.290 e. The Labute approximate surface area is 216 Å². The molecule has 0 amide bonds. The Morgan fingerprint density at radius 1 is 1.03 bits per heavy atom. The molecular weight excluding hydrogens is 472 g/mol. The lowest BCUT2D eigenvalue weighted by Gasteiger charge is -2.42. The van der Waals surface area contributed by atoms with Gasteiger partial charge in [0, 0.05) is 44.1 Å². The maximum Gasteiger partial charge on any atom is 0.290 e. The van der Waals surface area contributed by atoms with E-state index in [1.165, 1.54) is 6.42 Å². The minimum absolute atomic E-state index is 0.250. The lowest BCUT2D eigenvalue weighted by atomic mass is 9.77. The zero-order valence-corrected chi connectivity index (χ0v) is 21.2. The van der Waals surface area contributed by atoms with Crippen molar-refractivity contribution in [1.29, 1.82) is 0 Å². The summed E-state index contributed by atoms with van der Waals surface area (Å²) < 4.78 is 5.66. The predicted octanol–water partition coefficient (Wildman–Crippen LogP) is 3.00. The van der Waals surface area contributed by atoms with Crippen LogP contribution in [0.4, 0.5) is 5.82 Å². The molecule has 0 atom stereocenters. The molecular formula is C27H34N6O4. The van der Waals surface area contributed by atoms with Crippen molar-refractivity contribution in [2.75, 3.05) is 44.7 Å². The first-order valence-corrected chi connectivity index (χ1v) is 12.9. The number of methoxy groups -OCH3 is 1. The summed E-state index contributed by atoms with van der Waals surface area (Å²) in [4.78, 5) is 31.6. The van der Waals surface area contributed by atoms with E-state index in [4.69, 9.17) is 24.6 Å². The highest BCUT2D eigenvalue weighted by molar-refractivity contribution is 5.95. The Bertz CT molecular complexity index is 1230. The molecule has 3 aromatic rings. The fraction of sp³-hybridized carbons (Fsp3) is 0.519. The van der Waals surface area contributed by atoms with Gasteiger partial charge in [-0.1, -0.05) is 0 Å². The molecule has 0 aromatic carbocycles. The minimum atomic E-state index is -0.431. The normalized spacial score (nSPS) is 20.2. The fourth-order valence-electron chi connectivity index (χ4n) is 5.97. The fourth-order valence-corrected chi connectivity index (χ4v) is 5.97. The first kappa shape index (κ1) is 25.3. The van der Waals surface area contributed by atoms with Crippen LogP contribution in [-0.4, -0.2) is 87.0 Å². The van der Waals surface area contributed by atoms with Crippen molar-refractivity contribution in [2.24, 2.45) is 5.41 Å². The number of rotatable bonds is 5. The number of hydrogen-bond donors (Lipinski definition) is 2. The summed E-state index contributed by atoms with van der Waals surface area (Å²) in [7, 11) is 1.67. The van der Waals surface area contributed by atoms with E-state index in [-0.39, 0.29) is 6.47 Å². The number of nitrogens with zero attached hydrogens (tertiary/aromatic N) is 6. The van der Waals surface area contributed by atoms with E-state index in [0.29, 0.717) is 17.0 Å². The Morgan fingerprint density at radius 3 is 2.38 bits per heavy atom. The Kier molecular flexibility index (Phi) is 7.21. The van der Waals surface area contributed by atoms with Crippen LogP contribution in [0.1, 0.15) is 38.5 Å². The molecule has 2 aliphatic heterocycles. The monoisotopic (exact) mass is 506 g/mol. The molecule has 1 spiro atoms. The van der Waals surface area contributed by atoms with E-state index in [1.807, 2.05) is 12.1 Å².